The van der Waals surface area contributed by atoms with Gasteiger partial charge in [-0.2, -0.15) is 0 Å². The van der Waals surface area contributed by atoms with E-state index in [4.69, 9.17) is 0 Å². The zero-order chi connectivity index (χ0) is 16.0. The summed E-state index contributed by atoms with van der Waals surface area (Å²) in [5.41, 5.74) is 1.26. The van der Waals surface area contributed by atoms with Crippen LogP contribution in [0.3, 0.4) is 0 Å². The Bertz CT molecular complexity index is 522. The van der Waals surface area contributed by atoms with Crippen molar-refractivity contribution in [3.05, 3.63) is 23.8 Å². The van der Waals surface area contributed by atoms with Gasteiger partial charge >= 0.3 is 7.05 Å². The summed E-state index contributed by atoms with van der Waals surface area (Å²) in [6, 6.07) is 0. The number of rotatable bonds is 5. The Labute approximate surface area is 131 Å². The topological polar surface area (TPSA) is 69.6 Å². The molecule has 2 amide bonds. The molecule has 2 aliphatic carbocycles. The van der Waals surface area contributed by atoms with Crippen molar-refractivity contribution in [3.63, 3.8) is 0 Å². The average molecular weight is 302 g/mol. The van der Waals surface area contributed by atoms with Gasteiger partial charge in [0.2, 0.25) is 11.8 Å². The molecule has 1 saturated carbocycles. The van der Waals surface area contributed by atoms with Gasteiger partial charge in [-0.05, 0) is 12.7 Å². The molecule has 0 spiro atoms. The fraction of sp³-hybridized carbons (Fsp3) is 0.625. The smallest absolute Gasteiger partial charge is 0.373 e. The van der Waals surface area contributed by atoms with Crippen molar-refractivity contribution < 1.29 is 14.6 Å². The Kier molecular flexibility index (Phi) is 3.99. The van der Waals surface area contributed by atoms with Gasteiger partial charge in [0, 0.05) is 24.9 Å². The summed E-state index contributed by atoms with van der Waals surface area (Å²) < 4.78 is 0. The fourth-order valence-corrected chi connectivity index (χ4v) is 4.08. The van der Waals surface area contributed by atoms with E-state index in [1.807, 2.05) is 0 Å². The molecule has 0 radical (unpaired) electrons. The number of nitrogens with zero attached hydrogens (tertiary/aromatic N) is 1. The Hall–Kier alpha value is -1.40. The summed E-state index contributed by atoms with van der Waals surface area (Å²) in [5, 5.41) is 12.0. The second kappa shape index (κ2) is 5.67. The van der Waals surface area contributed by atoms with Crippen LogP contribution in [0.25, 0.3) is 0 Å². The molecule has 2 fully saturated rings. The second-order valence-corrected chi connectivity index (χ2v) is 6.86. The van der Waals surface area contributed by atoms with Gasteiger partial charge in [-0.3, -0.25) is 14.5 Å². The zero-order valence-electron chi connectivity index (χ0n) is 13.3. The first-order valence-electron chi connectivity index (χ1n) is 8.08. The van der Waals surface area contributed by atoms with E-state index >= 15 is 0 Å². The number of nitrogens with one attached hydrogen (secondary N) is 1. The highest BCUT2D eigenvalue weighted by Gasteiger charge is 2.61. The maximum absolute atomic E-state index is 12.6. The van der Waals surface area contributed by atoms with Crippen LogP contribution in [-0.2, 0) is 9.59 Å². The summed E-state index contributed by atoms with van der Waals surface area (Å²) in [6.07, 6.45) is 6.42. The predicted molar refractivity (Wildman–Crippen MR) is 84.6 cm³/mol. The molecule has 4 atom stereocenters. The number of allylic oxidation sites excluding steroid dienone is 4. The van der Waals surface area contributed by atoms with Crippen LogP contribution in [0, 0.1) is 29.6 Å². The number of carbonyl (C=O) groups is 2. The molecule has 3 rings (SSSR count). The lowest BCUT2D eigenvalue weighted by atomic mass is 9.85. The summed E-state index contributed by atoms with van der Waals surface area (Å²) in [7, 11) is -0.634. The third-order valence-electron chi connectivity index (χ3n) is 4.86. The minimum atomic E-state index is -0.634. The van der Waals surface area contributed by atoms with E-state index in [1.165, 1.54) is 10.5 Å². The highest BCUT2D eigenvalue weighted by Crippen LogP contribution is 2.55. The lowest BCUT2D eigenvalue weighted by molar-refractivity contribution is -0.140. The van der Waals surface area contributed by atoms with E-state index in [-0.39, 0.29) is 35.5 Å². The molecule has 1 aliphatic heterocycles. The van der Waals surface area contributed by atoms with Gasteiger partial charge in [0.1, 0.15) is 0 Å². The molecule has 5 nitrogen and oxygen atoms in total. The third-order valence-corrected chi connectivity index (χ3v) is 4.86. The molecule has 3 aliphatic rings. The lowest BCUT2D eigenvalue weighted by Crippen LogP contribution is -2.41. The average Bonchev–Trinajstić information content (AvgIpc) is 3.03. The van der Waals surface area contributed by atoms with Crippen LogP contribution in [-0.4, -0.2) is 41.9 Å². The first-order valence-corrected chi connectivity index (χ1v) is 8.08. The molecule has 2 bridgehead atoms. The Morgan fingerprint density at radius 3 is 2.27 bits per heavy atom. The van der Waals surface area contributed by atoms with Crippen molar-refractivity contribution in [2.24, 2.45) is 29.6 Å². The zero-order valence-corrected chi connectivity index (χ0v) is 13.3. The molecule has 1 saturated heterocycles. The third kappa shape index (κ3) is 2.34. The van der Waals surface area contributed by atoms with E-state index in [0.717, 1.165) is 0 Å². The molecular formula is C16H23BN2O3. The summed E-state index contributed by atoms with van der Waals surface area (Å²) in [4.78, 5) is 26.7. The standard InChI is InChI=1S/C16H23BN2O3/c1-9(2)8-12-10-4-5-11(12)14-13(10)15(20)19(16(14)21)7-6-18-17(3)22/h4-5,8-11,13-14,18,22H,6-7H2,1-3H3/t10?,11?,13-,14+. The lowest BCUT2D eigenvalue weighted by Gasteiger charge is -2.19. The minimum Gasteiger partial charge on any atom is -0.437 e. The Morgan fingerprint density at radius 2 is 1.82 bits per heavy atom. The summed E-state index contributed by atoms with van der Waals surface area (Å²) in [6.45, 7) is 6.62. The maximum atomic E-state index is 12.6. The monoisotopic (exact) mass is 302 g/mol. The number of fused-ring (bicyclic) bond motifs is 5. The molecule has 1 heterocycles. The van der Waals surface area contributed by atoms with E-state index in [0.29, 0.717) is 19.0 Å². The van der Waals surface area contributed by atoms with E-state index in [2.05, 4.69) is 37.3 Å². The van der Waals surface area contributed by atoms with Crippen molar-refractivity contribution in [1.82, 2.24) is 10.1 Å². The van der Waals surface area contributed by atoms with Gasteiger partial charge < -0.3 is 10.3 Å². The SMILES string of the molecule is CB(O)NCCN1C(=O)[C@@H]2C3C=CC(C3=CC(C)C)[C@@H]2C1=O. The molecule has 6 heteroatoms. The summed E-state index contributed by atoms with van der Waals surface area (Å²) in [5.74, 6) is 0.114. The molecule has 118 valence electrons. The number of hydrogen-bond acceptors (Lipinski definition) is 4. The maximum Gasteiger partial charge on any atom is 0.373 e. The molecule has 2 unspecified atom stereocenters. The van der Waals surface area contributed by atoms with Gasteiger partial charge in [-0.1, -0.05) is 37.6 Å². The molecule has 0 aromatic heterocycles. The normalized spacial score (nSPS) is 34.4. The highest BCUT2D eigenvalue weighted by molar-refractivity contribution is 6.45. The van der Waals surface area contributed by atoms with E-state index in [9.17, 15) is 14.6 Å². The molecule has 22 heavy (non-hydrogen) atoms. The largest absolute Gasteiger partial charge is 0.437 e. The van der Waals surface area contributed by atoms with Gasteiger partial charge in [-0.15, -0.1) is 0 Å². The number of amides is 2. The van der Waals surface area contributed by atoms with Crippen LogP contribution >= 0.6 is 0 Å². The Balaban J connectivity index is 1.76. The second-order valence-electron chi connectivity index (χ2n) is 6.86. The number of imide groups is 1. The van der Waals surface area contributed by atoms with Crippen molar-refractivity contribution in [1.29, 1.82) is 0 Å². The van der Waals surface area contributed by atoms with Crippen LogP contribution in [0.2, 0.25) is 6.82 Å². The van der Waals surface area contributed by atoms with Crippen LogP contribution in [0.15, 0.2) is 23.8 Å². The van der Waals surface area contributed by atoms with Gasteiger partial charge in [0.05, 0.1) is 11.8 Å². The molecule has 0 aromatic rings. The van der Waals surface area contributed by atoms with E-state index in [1.54, 1.807) is 6.82 Å². The van der Waals surface area contributed by atoms with Crippen molar-refractivity contribution in [3.8, 4) is 0 Å². The fourth-order valence-electron chi connectivity index (χ4n) is 4.08. The molecule has 2 N–H and O–H groups in total. The Morgan fingerprint density at radius 1 is 1.27 bits per heavy atom. The van der Waals surface area contributed by atoms with Crippen LogP contribution < -0.4 is 5.23 Å². The number of likely N-dealkylation sites (tertiary alicyclic amines) is 1. The van der Waals surface area contributed by atoms with Crippen molar-refractivity contribution in [2.75, 3.05) is 13.1 Å². The number of carbonyl (C=O) groups excluding carboxylic acids is 2. The van der Waals surface area contributed by atoms with E-state index < -0.39 is 7.05 Å². The number of hydrogen-bond donors (Lipinski definition) is 2. The van der Waals surface area contributed by atoms with Crippen LogP contribution in [0.1, 0.15) is 13.8 Å². The van der Waals surface area contributed by atoms with Crippen molar-refractivity contribution >= 4 is 18.9 Å². The first kappa shape index (κ1) is 15.5. The predicted octanol–water partition coefficient (Wildman–Crippen LogP) is 0.686. The molecule has 0 aromatic carbocycles. The van der Waals surface area contributed by atoms with Crippen LogP contribution in [0.5, 0.6) is 0 Å². The van der Waals surface area contributed by atoms with Crippen LogP contribution in [0.4, 0.5) is 0 Å². The summed E-state index contributed by atoms with van der Waals surface area (Å²) >= 11 is 0. The van der Waals surface area contributed by atoms with Gasteiger partial charge in [0.25, 0.3) is 0 Å². The quantitative estimate of drug-likeness (QED) is 0.445. The molecular weight excluding hydrogens is 279 g/mol. The van der Waals surface area contributed by atoms with Gasteiger partial charge in [0.15, 0.2) is 0 Å². The first-order chi connectivity index (χ1) is 10.4. The highest BCUT2D eigenvalue weighted by atomic mass is 16.2. The minimum absolute atomic E-state index is 0.0473. The van der Waals surface area contributed by atoms with Gasteiger partial charge in [-0.25, -0.2) is 0 Å². The van der Waals surface area contributed by atoms with Crippen molar-refractivity contribution in [2.45, 2.75) is 20.7 Å².